The minimum atomic E-state index is -1.13. The number of carboxylic acid groups (broad SMARTS) is 1. The van der Waals surface area contributed by atoms with Crippen molar-refractivity contribution >= 4 is 5.97 Å². The first-order chi connectivity index (χ1) is 7.08. The second-order valence-electron chi connectivity index (χ2n) is 3.92. The first kappa shape index (κ1) is 9.98. The lowest BCUT2D eigenvalue weighted by molar-refractivity contribution is -0.148. The van der Waals surface area contributed by atoms with Crippen LogP contribution < -0.4 is 0 Å². The van der Waals surface area contributed by atoms with Gasteiger partial charge in [-0.3, -0.25) is 4.79 Å². The van der Waals surface area contributed by atoms with E-state index in [-0.39, 0.29) is 11.3 Å². The molecule has 0 aliphatic heterocycles. The summed E-state index contributed by atoms with van der Waals surface area (Å²) in [6, 6.07) is 6.28. The van der Waals surface area contributed by atoms with Crippen LogP contribution in [0.1, 0.15) is 24.5 Å². The number of aromatic hydroxyl groups is 1. The summed E-state index contributed by atoms with van der Waals surface area (Å²) in [4.78, 5) is 11.0. The lowest BCUT2D eigenvalue weighted by Gasteiger charge is -2.18. The van der Waals surface area contributed by atoms with Gasteiger partial charge in [0.25, 0.3) is 0 Å². The normalized spacial score (nSPS) is 19.5. The quantitative estimate of drug-likeness (QED) is 0.699. The number of benzene rings is 1. The second-order valence-corrected chi connectivity index (χ2v) is 3.92. The Hall–Kier alpha value is -1.55. The van der Waals surface area contributed by atoms with Crippen LogP contribution in [0.4, 0.5) is 0 Å². The number of para-hydroxylation sites is 1. The minimum absolute atomic E-state index is 0.0578. The van der Waals surface area contributed by atoms with Gasteiger partial charge in [-0.25, -0.2) is 0 Å². The molecule has 2 rings (SSSR count). The van der Waals surface area contributed by atoms with E-state index in [2.05, 4.69) is 0 Å². The van der Waals surface area contributed by atoms with Gasteiger partial charge in [-0.15, -0.1) is 0 Å². The SMILES string of the molecule is O=C(O)C1(C(O)c2ccccc2O)CC1. The molecule has 0 radical (unpaired) electrons. The maximum Gasteiger partial charge on any atom is 0.312 e. The molecule has 0 saturated heterocycles. The smallest absolute Gasteiger partial charge is 0.312 e. The molecule has 1 saturated carbocycles. The Morgan fingerprint density at radius 2 is 1.93 bits per heavy atom. The number of carbonyl (C=O) groups is 1. The fraction of sp³-hybridized carbons (Fsp3) is 0.364. The van der Waals surface area contributed by atoms with Gasteiger partial charge in [0.05, 0.1) is 11.5 Å². The minimum Gasteiger partial charge on any atom is -0.508 e. The molecule has 1 unspecified atom stereocenters. The highest BCUT2D eigenvalue weighted by molar-refractivity contribution is 5.79. The van der Waals surface area contributed by atoms with Gasteiger partial charge in [0.2, 0.25) is 0 Å². The number of aliphatic hydroxyl groups is 1. The number of phenols is 1. The molecule has 1 aromatic rings. The number of hydrogen-bond donors (Lipinski definition) is 3. The third-order valence-corrected chi connectivity index (χ3v) is 2.97. The molecule has 1 fully saturated rings. The standard InChI is InChI=1S/C11H12O4/c12-8-4-2-1-3-7(8)9(13)11(5-6-11)10(14)15/h1-4,9,12-13H,5-6H2,(H,14,15). The largest absolute Gasteiger partial charge is 0.508 e. The zero-order valence-corrected chi connectivity index (χ0v) is 8.05. The highest BCUT2D eigenvalue weighted by Gasteiger charge is 2.56. The maximum atomic E-state index is 11.0. The molecular weight excluding hydrogens is 196 g/mol. The third kappa shape index (κ3) is 1.47. The maximum absolute atomic E-state index is 11.0. The molecule has 1 aliphatic carbocycles. The number of aliphatic hydroxyl groups excluding tert-OH is 1. The highest BCUT2D eigenvalue weighted by Crippen LogP contribution is 2.56. The van der Waals surface area contributed by atoms with Gasteiger partial charge in [0.15, 0.2) is 0 Å². The van der Waals surface area contributed by atoms with Crippen LogP contribution in [0.15, 0.2) is 24.3 Å². The first-order valence-electron chi connectivity index (χ1n) is 4.77. The van der Waals surface area contributed by atoms with Crippen molar-refractivity contribution in [2.45, 2.75) is 18.9 Å². The zero-order chi connectivity index (χ0) is 11.1. The highest BCUT2D eigenvalue weighted by atomic mass is 16.4. The molecule has 0 spiro atoms. The van der Waals surface area contributed by atoms with Crippen molar-refractivity contribution in [2.24, 2.45) is 5.41 Å². The van der Waals surface area contributed by atoms with Gasteiger partial charge in [-0.05, 0) is 18.9 Å². The molecule has 4 heteroatoms. The van der Waals surface area contributed by atoms with Crippen LogP contribution in [0.25, 0.3) is 0 Å². The molecule has 4 nitrogen and oxygen atoms in total. The predicted molar refractivity (Wildman–Crippen MR) is 52.4 cm³/mol. The fourth-order valence-electron chi connectivity index (χ4n) is 1.76. The number of hydrogen-bond acceptors (Lipinski definition) is 3. The average molecular weight is 208 g/mol. The topological polar surface area (TPSA) is 77.8 Å². The van der Waals surface area contributed by atoms with Gasteiger partial charge in [-0.2, -0.15) is 0 Å². The Labute approximate surface area is 86.8 Å². The zero-order valence-electron chi connectivity index (χ0n) is 8.05. The summed E-state index contributed by atoms with van der Waals surface area (Å²) in [6.45, 7) is 0. The van der Waals surface area contributed by atoms with E-state index in [4.69, 9.17) is 5.11 Å². The van der Waals surface area contributed by atoms with Gasteiger partial charge >= 0.3 is 5.97 Å². The lowest BCUT2D eigenvalue weighted by atomic mass is 9.92. The van der Waals surface area contributed by atoms with E-state index in [1.807, 2.05) is 0 Å². The van der Waals surface area contributed by atoms with Crippen molar-refractivity contribution in [1.82, 2.24) is 0 Å². The van der Waals surface area contributed by atoms with Crippen molar-refractivity contribution < 1.29 is 20.1 Å². The molecule has 1 aromatic carbocycles. The molecule has 15 heavy (non-hydrogen) atoms. The van der Waals surface area contributed by atoms with E-state index in [1.54, 1.807) is 18.2 Å². The molecule has 1 aliphatic rings. The predicted octanol–water partition coefficient (Wildman–Crippen LogP) is 1.29. The summed E-state index contributed by atoms with van der Waals surface area (Å²) in [5.41, 5.74) is -0.795. The molecule has 0 aromatic heterocycles. The van der Waals surface area contributed by atoms with Gasteiger partial charge < -0.3 is 15.3 Å². The summed E-state index contributed by atoms with van der Waals surface area (Å²) in [6.07, 6.45) is -0.216. The Balaban J connectivity index is 2.33. The number of rotatable bonds is 3. The average Bonchev–Trinajstić information content (AvgIpc) is 2.98. The van der Waals surface area contributed by atoms with Crippen LogP contribution in [0.5, 0.6) is 5.75 Å². The summed E-state index contributed by atoms with van der Waals surface area (Å²) in [5.74, 6) is -1.06. The van der Waals surface area contributed by atoms with Gasteiger partial charge in [0, 0.05) is 5.56 Å². The van der Waals surface area contributed by atoms with E-state index < -0.39 is 17.5 Å². The van der Waals surface area contributed by atoms with Crippen LogP contribution in [0.2, 0.25) is 0 Å². The van der Waals surface area contributed by atoms with E-state index in [0.717, 1.165) is 0 Å². The second kappa shape index (κ2) is 3.24. The van der Waals surface area contributed by atoms with E-state index >= 15 is 0 Å². The Morgan fingerprint density at radius 3 is 2.40 bits per heavy atom. The van der Waals surface area contributed by atoms with Crippen molar-refractivity contribution in [3.05, 3.63) is 29.8 Å². The Kier molecular flexibility index (Phi) is 2.16. The van der Waals surface area contributed by atoms with Crippen molar-refractivity contribution in [3.8, 4) is 5.75 Å². The summed E-state index contributed by atoms with van der Waals surface area (Å²) in [7, 11) is 0. The van der Waals surface area contributed by atoms with E-state index in [1.165, 1.54) is 6.07 Å². The van der Waals surface area contributed by atoms with Crippen LogP contribution in [0, 0.1) is 5.41 Å². The Morgan fingerprint density at radius 1 is 1.33 bits per heavy atom. The summed E-state index contributed by atoms with van der Waals surface area (Å²) < 4.78 is 0. The first-order valence-corrected chi connectivity index (χ1v) is 4.77. The number of phenolic OH excluding ortho intramolecular Hbond substituents is 1. The van der Waals surface area contributed by atoms with Crippen molar-refractivity contribution in [3.63, 3.8) is 0 Å². The van der Waals surface area contributed by atoms with Gasteiger partial charge in [0.1, 0.15) is 5.75 Å². The van der Waals surface area contributed by atoms with Crippen LogP contribution >= 0.6 is 0 Å². The molecule has 80 valence electrons. The van der Waals surface area contributed by atoms with Crippen LogP contribution in [-0.4, -0.2) is 21.3 Å². The molecular formula is C11H12O4. The third-order valence-electron chi connectivity index (χ3n) is 2.97. The van der Waals surface area contributed by atoms with Crippen molar-refractivity contribution in [2.75, 3.05) is 0 Å². The van der Waals surface area contributed by atoms with Crippen LogP contribution in [0.3, 0.4) is 0 Å². The summed E-state index contributed by atoms with van der Waals surface area (Å²) >= 11 is 0. The molecule has 1 atom stereocenters. The molecule has 0 heterocycles. The molecule has 0 amide bonds. The fourth-order valence-corrected chi connectivity index (χ4v) is 1.76. The van der Waals surface area contributed by atoms with Crippen LogP contribution in [-0.2, 0) is 4.79 Å². The molecule has 3 N–H and O–H groups in total. The van der Waals surface area contributed by atoms with Gasteiger partial charge in [-0.1, -0.05) is 18.2 Å². The summed E-state index contributed by atoms with van der Waals surface area (Å²) in [5, 5.41) is 28.4. The van der Waals surface area contributed by atoms with E-state index in [9.17, 15) is 15.0 Å². The monoisotopic (exact) mass is 208 g/mol. The lowest BCUT2D eigenvalue weighted by Crippen LogP contribution is -2.23. The van der Waals surface area contributed by atoms with E-state index in [0.29, 0.717) is 12.8 Å². The number of aliphatic carboxylic acids is 1. The number of carboxylic acids is 1. The van der Waals surface area contributed by atoms with Crippen molar-refractivity contribution in [1.29, 1.82) is 0 Å². The molecule has 0 bridgehead atoms. The Bertz CT molecular complexity index is 395.